The van der Waals surface area contributed by atoms with Crippen molar-refractivity contribution in [2.75, 3.05) is 0 Å². The van der Waals surface area contributed by atoms with E-state index in [4.69, 9.17) is 6.42 Å². The Labute approximate surface area is 75.9 Å². The van der Waals surface area contributed by atoms with E-state index in [1.54, 1.807) is 0 Å². The molecule has 0 aromatic rings. The number of rotatable bonds is 4. The third kappa shape index (κ3) is 2.25. The Morgan fingerprint density at radius 1 is 1.58 bits per heavy atom. The molecule has 1 unspecified atom stereocenters. The summed E-state index contributed by atoms with van der Waals surface area (Å²) in [4.78, 5) is 0. The SMILES string of the molecule is C#CC(CC)NC(C)(C)C1CC1. The fourth-order valence-corrected chi connectivity index (χ4v) is 1.63. The summed E-state index contributed by atoms with van der Waals surface area (Å²) < 4.78 is 0. The van der Waals surface area contributed by atoms with Crippen molar-refractivity contribution in [1.29, 1.82) is 0 Å². The number of hydrogen-bond acceptors (Lipinski definition) is 1. The molecule has 1 nitrogen and oxygen atoms in total. The van der Waals surface area contributed by atoms with E-state index >= 15 is 0 Å². The molecular weight excluding hydrogens is 146 g/mol. The summed E-state index contributed by atoms with van der Waals surface area (Å²) in [7, 11) is 0. The lowest BCUT2D eigenvalue weighted by Crippen LogP contribution is -2.46. The molecule has 1 heteroatoms. The van der Waals surface area contributed by atoms with Crippen LogP contribution in [0.3, 0.4) is 0 Å². The summed E-state index contributed by atoms with van der Waals surface area (Å²) >= 11 is 0. The van der Waals surface area contributed by atoms with Crippen molar-refractivity contribution in [3.05, 3.63) is 0 Å². The van der Waals surface area contributed by atoms with E-state index < -0.39 is 0 Å². The standard InChI is InChI=1S/C11H19N/c1-5-10(6-2)12-11(3,4)9-7-8-9/h1,9-10,12H,6-8H2,2-4H3. The van der Waals surface area contributed by atoms with Crippen molar-refractivity contribution in [1.82, 2.24) is 5.32 Å². The van der Waals surface area contributed by atoms with Crippen LogP contribution in [0, 0.1) is 18.3 Å². The van der Waals surface area contributed by atoms with Crippen LogP contribution in [0.4, 0.5) is 0 Å². The highest BCUT2D eigenvalue weighted by atomic mass is 15.0. The minimum atomic E-state index is 0.243. The molecule has 1 saturated carbocycles. The molecule has 1 rings (SSSR count). The van der Waals surface area contributed by atoms with Crippen LogP contribution in [0.1, 0.15) is 40.0 Å². The number of nitrogens with one attached hydrogen (secondary N) is 1. The summed E-state index contributed by atoms with van der Waals surface area (Å²) in [6.45, 7) is 6.63. The zero-order chi connectivity index (χ0) is 9.19. The average molecular weight is 165 g/mol. The van der Waals surface area contributed by atoms with E-state index in [1.165, 1.54) is 12.8 Å². The van der Waals surface area contributed by atoms with Gasteiger partial charge in [0, 0.05) is 5.54 Å². The first-order valence-corrected chi connectivity index (χ1v) is 4.84. The summed E-state index contributed by atoms with van der Waals surface area (Å²) in [6, 6.07) is 0.251. The maximum Gasteiger partial charge on any atom is 0.0688 e. The van der Waals surface area contributed by atoms with Crippen LogP contribution in [0.2, 0.25) is 0 Å². The van der Waals surface area contributed by atoms with Gasteiger partial charge in [0.25, 0.3) is 0 Å². The van der Waals surface area contributed by atoms with Crippen LogP contribution in [0.25, 0.3) is 0 Å². The van der Waals surface area contributed by atoms with Crippen LogP contribution >= 0.6 is 0 Å². The van der Waals surface area contributed by atoms with Crippen molar-refractivity contribution in [3.63, 3.8) is 0 Å². The fraction of sp³-hybridized carbons (Fsp3) is 0.818. The Morgan fingerprint density at radius 2 is 2.17 bits per heavy atom. The van der Waals surface area contributed by atoms with Crippen LogP contribution in [-0.2, 0) is 0 Å². The molecule has 0 spiro atoms. The van der Waals surface area contributed by atoms with E-state index in [-0.39, 0.29) is 11.6 Å². The predicted octanol–water partition coefficient (Wildman–Crippen LogP) is 2.18. The molecule has 1 N–H and O–H groups in total. The van der Waals surface area contributed by atoms with Gasteiger partial charge >= 0.3 is 0 Å². The van der Waals surface area contributed by atoms with E-state index in [0.29, 0.717) is 0 Å². The van der Waals surface area contributed by atoms with Crippen LogP contribution in [0.5, 0.6) is 0 Å². The summed E-state index contributed by atoms with van der Waals surface area (Å²) in [5, 5.41) is 3.52. The molecule has 1 fully saturated rings. The lowest BCUT2D eigenvalue weighted by Gasteiger charge is -2.29. The Bertz CT molecular complexity index is 184. The lowest BCUT2D eigenvalue weighted by atomic mass is 9.97. The van der Waals surface area contributed by atoms with Crippen LogP contribution in [0.15, 0.2) is 0 Å². The monoisotopic (exact) mass is 165 g/mol. The highest BCUT2D eigenvalue weighted by Gasteiger charge is 2.38. The molecule has 0 bridgehead atoms. The van der Waals surface area contributed by atoms with Crippen molar-refractivity contribution in [3.8, 4) is 12.3 Å². The third-order valence-electron chi connectivity index (χ3n) is 2.75. The van der Waals surface area contributed by atoms with Gasteiger partial charge < -0.3 is 0 Å². The van der Waals surface area contributed by atoms with Gasteiger partial charge in [-0.25, -0.2) is 0 Å². The lowest BCUT2D eigenvalue weighted by molar-refractivity contribution is 0.319. The predicted molar refractivity (Wildman–Crippen MR) is 52.9 cm³/mol. The van der Waals surface area contributed by atoms with Crippen molar-refractivity contribution >= 4 is 0 Å². The Balaban J connectivity index is 2.42. The molecule has 0 radical (unpaired) electrons. The van der Waals surface area contributed by atoms with Gasteiger partial charge in [0.15, 0.2) is 0 Å². The van der Waals surface area contributed by atoms with Gasteiger partial charge in [-0.3, -0.25) is 5.32 Å². The Hall–Kier alpha value is -0.480. The van der Waals surface area contributed by atoms with Crippen molar-refractivity contribution in [2.24, 2.45) is 5.92 Å². The first kappa shape index (κ1) is 9.61. The molecule has 0 aliphatic heterocycles. The molecule has 68 valence electrons. The minimum absolute atomic E-state index is 0.243. The maximum absolute atomic E-state index is 5.40. The zero-order valence-corrected chi connectivity index (χ0v) is 8.35. The molecule has 1 aliphatic carbocycles. The van der Waals surface area contributed by atoms with Gasteiger partial charge in [0.05, 0.1) is 6.04 Å². The minimum Gasteiger partial charge on any atom is -0.298 e. The third-order valence-corrected chi connectivity index (χ3v) is 2.75. The smallest absolute Gasteiger partial charge is 0.0688 e. The van der Waals surface area contributed by atoms with Gasteiger partial charge in [0.2, 0.25) is 0 Å². The van der Waals surface area contributed by atoms with Crippen molar-refractivity contribution in [2.45, 2.75) is 51.6 Å². The molecule has 1 aliphatic rings. The average Bonchev–Trinajstić information content (AvgIpc) is 2.82. The quantitative estimate of drug-likeness (QED) is 0.630. The molecule has 12 heavy (non-hydrogen) atoms. The molecule has 0 aromatic heterocycles. The van der Waals surface area contributed by atoms with Crippen molar-refractivity contribution < 1.29 is 0 Å². The Morgan fingerprint density at radius 3 is 2.50 bits per heavy atom. The highest BCUT2D eigenvalue weighted by Crippen LogP contribution is 2.39. The van der Waals surface area contributed by atoms with Gasteiger partial charge in [-0.1, -0.05) is 12.8 Å². The van der Waals surface area contributed by atoms with Gasteiger partial charge in [-0.05, 0) is 39.0 Å². The second-order valence-electron chi connectivity index (χ2n) is 4.27. The summed E-state index contributed by atoms with van der Waals surface area (Å²) in [5.41, 5.74) is 0.243. The molecule has 0 heterocycles. The summed E-state index contributed by atoms with van der Waals surface area (Å²) in [5.74, 6) is 3.63. The number of hydrogen-bond donors (Lipinski definition) is 1. The summed E-state index contributed by atoms with van der Waals surface area (Å²) in [6.07, 6.45) is 9.14. The fourth-order valence-electron chi connectivity index (χ4n) is 1.63. The second-order valence-corrected chi connectivity index (χ2v) is 4.27. The largest absolute Gasteiger partial charge is 0.298 e. The normalized spacial score (nSPS) is 20.2. The van der Waals surface area contributed by atoms with E-state index in [9.17, 15) is 0 Å². The van der Waals surface area contributed by atoms with Crippen LogP contribution < -0.4 is 5.32 Å². The highest BCUT2D eigenvalue weighted by molar-refractivity contribution is 5.04. The van der Waals surface area contributed by atoms with E-state index in [0.717, 1.165) is 12.3 Å². The first-order chi connectivity index (χ1) is 5.60. The van der Waals surface area contributed by atoms with Crippen LogP contribution in [-0.4, -0.2) is 11.6 Å². The molecule has 0 amide bonds. The molecule has 1 atom stereocenters. The molecular formula is C11H19N. The molecule has 0 saturated heterocycles. The van der Waals surface area contributed by atoms with Gasteiger partial charge in [-0.15, -0.1) is 6.42 Å². The topological polar surface area (TPSA) is 12.0 Å². The maximum atomic E-state index is 5.40. The second kappa shape index (κ2) is 3.49. The van der Waals surface area contributed by atoms with Gasteiger partial charge in [0.1, 0.15) is 0 Å². The van der Waals surface area contributed by atoms with E-state index in [2.05, 4.69) is 32.0 Å². The Kier molecular flexibility index (Phi) is 2.80. The van der Waals surface area contributed by atoms with E-state index in [1.807, 2.05) is 0 Å². The molecule has 0 aromatic carbocycles. The zero-order valence-electron chi connectivity index (χ0n) is 8.35. The van der Waals surface area contributed by atoms with Gasteiger partial charge in [-0.2, -0.15) is 0 Å². The number of terminal acetylenes is 1. The first-order valence-electron chi connectivity index (χ1n) is 4.84.